The summed E-state index contributed by atoms with van der Waals surface area (Å²) in [4.78, 5) is 0. The van der Waals surface area contributed by atoms with E-state index in [9.17, 15) is 13.2 Å². The first-order chi connectivity index (χ1) is 8.54. The SMILES string of the molecule is FC(F)(F)Oc1ccccc1NC1CCCOC1. The Kier molecular flexibility index (Phi) is 3.96. The lowest BCUT2D eigenvalue weighted by molar-refractivity contribution is -0.274. The van der Waals surface area contributed by atoms with Crippen molar-refractivity contribution in [2.75, 3.05) is 18.5 Å². The molecule has 1 atom stereocenters. The number of benzene rings is 1. The van der Waals surface area contributed by atoms with Crippen LogP contribution >= 0.6 is 0 Å². The van der Waals surface area contributed by atoms with Crippen LogP contribution in [0, 0.1) is 0 Å². The molecule has 1 unspecified atom stereocenters. The molecule has 0 aromatic heterocycles. The Balaban J connectivity index is 2.06. The van der Waals surface area contributed by atoms with Crippen LogP contribution in [0.25, 0.3) is 0 Å². The van der Waals surface area contributed by atoms with Crippen molar-refractivity contribution in [3.05, 3.63) is 24.3 Å². The fourth-order valence-electron chi connectivity index (χ4n) is 1.87. The highest BCUT2D eigenvalue weighted by atomic mass is 19.4. The van der Waals surface area contributed by atoms with Crippen molar-refractivity contribution in [2.45, 2.75) is 25.2 Å². The number of anilines is 1. The molecule has 1 aromatic rings. The van der Waals surface area contributed by atoms with Gasteiger partial charge in [0.15, 0.2) is 5.75 Å². The second kappa shape index (κ2) is 5.48. The van der Waals surface area contributed by atoms with Crippen LogP contribution in [0.5, 0.6) is 5.75 Å². The van der Waals surface area contributed by atoms with Gasteiger partial charge in [0.05, 0.1) is 12.3 Å². The van der Waals surface area contributed by atoms with Crippen LogP contribution in [0.2, 0.25) is 0 Å². The zero-order valence-electron chi connectivity index (χ0n) is 9.67. The quantitative estimate of drug-likeness (QED) is 0.906. The maximum Gasteiger partial charge on any atom is 0.573 e. The van der Waals surface area contributed by atoms with Gasteiger partial charge in [-0.05, 0) is 25.0 Å². The molecule has 0 spiro atoms. The lowest BCUT2D eigenvalue weighted by atomic mass is 10.1. The molecular formula is C12H14F3NO2. The summed E-state index contributed by atoms with van der Waals surface area (Å²) in [6, 6.07) is 6.05. The molecule has 1 aliphatic heterocycles. The Bertz CT molecular complexity index is 389. The second-order valence-corrected chi connectivity index (χ2v) is 4.10. The van der Waals surface area contributed by atoms with Crippen molar-refractivity contribution in [3.63, 3.8) is 0 Å². The molecule has 1 N–H and O–H groups in total. The molecule has 1 aromatic carbocycles. The van der Waals surface area contributed by atoms with Crippen LogP contribution in [0.15, 0.2) is 24.3 Å². The normalized spacial score (nSPS) is 20.5. The third-order valence-corrected chi connectivity index (χ3v) is 2.63. The standard InChI is InChI=1S/C12H14F3NO2/c13-12(14,15)18-11-6-2-1-5-10(11)16-9-4-3-7-17-8-9/h1-2,5-6,9,16H,3-4,7-8H2. The van der Waals surface area contributed by atoms with Gasteiger partial charge in [-0.2, -0.15) is 0 Å². The van der Waals surface area contributed by atoms with Crippen LogP contribution in [-0.2, 0) is 4.74 Å². The van der Waals surface area contributed by atoms with E-state index in [2.05, 4.69) is 10.1 Å². The minimum absolute atomic E-state index is 0.0248. The number of nitrogens with one attached hydrogen (secondary N) is 1. The van der Waals surface area contributed by atoms with E-state index in [0.717, 1.165) is 12.8 Å². The molecule has 18 heavy (non-hydrogen) atoms. The number of hydrogen-bond acceptors (Lipinski definition) is 3. The van der Waals surface area contributed by atoms with E-state index in [4.69, 9.17) is 4.74 Å². The zero-order valence-corrected chi connectivity index (χ0v) is 9.67. The number of para-hydroxylation sites is 2. The molecule has 0 aliphatic carbocycles. The molecule has 0 saturated carbocycles. The second-order valence-electron chi connectivity index (χ2n) is 4.10. The number of hydrogen-bond donors (Lipinski definition) is 1. The molecule has 3 nitrogen and oxygen atoms in total. The molecule has 6 heteroatoms. The number of rotatable bonds is 3. The Morgan fingerprint density at radius 1 is 1.28 bits per heavy atom. The lowest BCUT2D eigenvalue weighted by Gasteiger charge is -2.25. The summed E-state index contributed by atoms with van der Waals surface area (Å²) < 4.78 is 45.9. The molecule has 1 aliphatic rings. The third-order valence-electron chi connectivity index (χ3n) is 2.63. The smallest absolute Gasteiger partial charge is 0.404 e. The van der Waals surface area contributed by atoms with Crippen molar-refractivity contribution in [1.82, 2.24) is 0 Å². The average molecular weight is 261 g/mol. The van der Waals surface area contributed by atoms with Gasteiger partial charge in [-0.3, -0.25) is 0 Å². The summed E-state index contributed by atoms with van der Waals surface area (Å²) in [5.41, 5.74) is 0.338. The summed E-state index contributed by atoms with van der Waals surface area (Å²) in [6.45, 7) is 1.21. The van der Waals surface area contributed by atoms with Gasteiger partial charge in [-0.1, -0.05) is 12.1 Å². The topological polar surface area (TPSA) is 30.5 Å². The van der Waals surface area contributed by atoms with Crippen LogP contribution in [0.3, 0.4) is 0 Å². The molecule has 0 bridgehead atoms. The van der Waals surface area contributed by atoms with Gasteiger partial charge in [0.25, 0.3) is 0 Å². The van der Waals surface area contributed by atoms with E-state index in [1.807, 2.05) is 0 Å². The minimum atomic E-state index is -4.68. The largest absolute Gasteiger partial charge is 0.573 e. The van der Waals surface area contributed by atoms with E-state index >= 15 is 0 Å². The molecular weight excluding hydrogens is 247 g/mol. The van der Waals surface area contributed by atoms with Crippen LogP contribution in [0.1, 0.15) is 12.8 Å². The molecule has 0 amide bonds. The Morgan fingerprint density at radius 3 is 2.72 bits per heavy atom. The van der Waals surface area contributed by atoms with Crippen molar-refractivity contribution in [2.24, 2.45) is 0 Å². The van der Waals surface area contributed by atoms with Gasteiger partial charge in [0, 0.05) is 12.6 Å². The molecule has 0 radical (unpaired) electrons. The van der Waals surface area contributed by atoms with Crippen molar-refractivity contribution < 1.29 is 22.6 Å². The summed E-state index contributed by atoms with van der Waals surface area (Å²) in [7, 11) is 0. The Hall–Kier alpha value is -1.43. The van der Waals surface area contributed by atoms with Crippen molar-refractivity contribution >= 4 is 5.69 Å². The fraction of sp³-hybridized carbons (Fsp3) is 0.500. The maximum absolute atomic E-state index is 12.2. The number of halogens is 3. The van der Waals surface area contributed by atoms with Crippen molar-refractivity contribution in [3.8, 4) is 5.75 Å². The maximum atomic E-state index is 12.2. The van der Waals surface area contributed by atoms with Crippen LogP contribution < -0.4 is 10.1 Å². The molecule has 100 valence electrons. The van der Waals surface area contributed by atoms with Crippen molar-refractivity contribution in [1.29, 1.82) is 0 Å². The highest BCUT2D eigenvalue weighted by Crippen LogP contribution is 2.30. The van der Waals surface area contributed by atoms with E-state index in [0.29, 0.717) is 18.9 Å². The van der Waals surface area contributed by atoms with Crippen LogP contribution in [-0.4, -0.2) is 25.6 Å². The molecule has 1 saturated heterocycles. The molecule has 1 heterocycles. The predicted octanol–water partition coefficient (Wildman–Crippen LogP) is 3.18. The number of ether oxygens (including phenoxy) is 2. The average Bonchev–Trinajstić information content (AvgIpc) is 2.31. The minimum Gasteiger partial charge on any atom is -0.404 e. The van der Waals surface area contributed by atoms with Crippen LogP contribution in [0.4, 0.5) is 18.9 Å². The van der Waals surface area contributed by atoms with Gasteiger partial charge in [-0.15, -0.1) is 13.2 Å². The number of alkyl halides is 3. The monoisotopic (exact) mass is 261 g/mol. The van der Waals surface area contributed by atoms with Gasteiger partial charge in [0.1, 0.15) is 0 Å². The highest BCUT2D eigenvalue weighted by Gasteiger charge is 2.32. The highest BCUT2D eigenvalue weighted by molar-refractivity contribution is 5.56. The summed E-state index contributed by atoms with van der Waals surface area (Å²) in [5.74, 6) is -0.212. The van der Waals surface area contributed by atoms with E-state index in [-0.39, 0.29) is 11.8 Å². The summed E-state index contributed by atoms with van der Waals surface area (Å²) in [5, 5.41) is 3.02. The lowest BCUT2D eigenvalue weighted by Crippen LogP contribution is -2.30. The van der Waals surface area contributed by atoms with Gasteiger partial charge in [-0.25, -0.2) is 0 Å². The summed E-state index contributed by atoms with van der Waals surface area (Å²) >= 11 is 0. The van der Waals surface area contributed by atoms with Gasteiger partial charge < -0.3 is 14.8 Å². The summed E-state index contributed by atoms with van der Waals surface area (Å²) in [6.07, 6.45) is -2.90. The predicted molar refractivity (Wildman–Crippen MR) is 60.6 cm³/mol. The van der Waals surface area contributed by atoms with E-state index in [1.54, 1.807) is 12.1 Å². The molecule has 1 fully saturated rings. The Labute approximate surface area is 103 Å². The van der Waals surface area contributed by atoms with Gasteiger partial charge >= 0.3 is 6.36 Å². The van der Waals surface area contributed by atoms with E-state index in [1.165, 1.54) is 12.1 Å². The molecule has 2 rings (SSSR count). The van der Waals surface area contributed by atoms with E-state index < -0.39 is 6.36 Å². The fourth-order valence-corrected chi connectivity index (χ4v) is 1.87. The Morgan fingerprint density at radius 2 is 2.06 bits per heavy atom. The van der Waals surface area contributed by atoms with Gasteiger partial charge in [0.2, 0.25) is 0 Å². The first-order valence-electron chi connectivity index (χ1n) is 5.74. The zero-order chi connectivity index (χ0) is 13.0. The first kappa shape index (κ1) is 13.0. The first-order valence-corrected chi connectivity index (χ1v) is 5.74. The third kappa shape index (κ3) is 3.80.